The Balaban J connectivity index is 1.77. The van der Waals surface area contributed by atoms with Gasteiger partial charge in [0.2, 0.25) is 0 Å². The summed E-state index contributed by atoms with van der Waals surface area (Å²) in [5.74, 6) is 0. The quantitative estimate of drug-likeness (QED) is 0.883. The van der Waals surface area contributed by atoms with Crippen LogP contribution in [0.4, 0.5) is 0 Å². The molecule has 2 heterocycles. The van der Waals surface area contributed by atoms with E-state index in [2.05, 4.69) is 41.7 Å². The molecule has 0 radical (unpaired) electrons. The summed E-state index contributed by atoms with van der Waals surface area (Å²) in [6.45, 7) is 5.20. The minimum absolute atomic E-state index is 0.503. The first-order valence-electron chi connectivity index (χ1n) is 5.41. The van der Waals surface area contributed by atoms with Crippen LogP contribution in [0.15, 0.2) is 23.7 Å². The summed E-state index contributed by atoms with van der Waals surface area (Å²) in [6, 6.07) is 4.80. The van der Waals surface area contributed by atoms with E-state index in [9.17, 15) is 0 Å². The molecule has 0 amide bonds. The minimum Gasteiger partial charge on any atom is -0.308 e. The zero-order valence-corrected chi connectivity index (χ0v) is 11.2. The second kappa shape index (κ2) is 5.57. The van der Waals surface area contributed by atoms with Crippen LogP contribution < -0.4 is 5.32 Å². The van der Waals surface area contributed by atoms with Gasteiger partial charge >= 0.3 is 0 Å². The van der Waals surface area contributed by atoms with Gasteiger partial charge in [-0.3, -0.25) is 0 Å². The third-order valence-electron chi connectivity index (χ3n) is 2.36. The first-order valence-corrected chi connectivity index (χ1v) is 7.10. The van der Waals surface area contributed by atoms with E-state index in [0.717, 1.165) is 13.0 Å². The third-order valence-corrected chi connectivity index (χ3v) is 4.17. The maximum Gasteiger partial charge on any atom is 0.107 e. The van der Waals surface area contributed by atoms with Gasteiger partial charge in [0.1, 0.15) is 5.01 Å². The lowest BCUT2D eigenvalue weighted by molar-refractivity contribution is 0.547. The van der Waals surface area contributed by atoms with Gasteiger partial charge in [0.15, 0.2) is 0 Å². The Hall–Kier alpha value is -0.710. The molecule has 1 atom stereocenters. The fourth-order valence-corrected chi connectivity index (χ4v) is 3.12. The van der Waals surface area contributed by atoms with Crippen molar-refractivity contribution in [2.75, 3.05) is 0 Å². The van der Waals surface area contributed by atoms with E-state index in [-0.39, 0.29) is 0 Å². The summed E-state index contributed by atoms with van der Waals surface area (Å²) in [5.41, 5.74) is 0. The van der Waals surface area contributed by atoms with Gasteiger partial charge in [-0.15, -0.1) is 22.7 Å². The normalized spacial score (nSPS) is 12.9. The average molecular weight is 252 g/mol. The Labute approximate surface area is 104 Å². The SMILES string of the molecule is Cc1cnc(CNC(C)Cc2cccs2)s1. The second-order valence-corrected chi connectivity index (χ2v) is 6.28. The Bertz CT molecular complexity index is 420. The highest BCUT2D eigenvalue weighted by Crippen LogP contribution is 2.13. The number of hydrogen-bond acceptors (Lipinski definition) is 4. The van der Waals surface area contributed by atoms with Crippen molar-refractivity contribution in [2.45, 2.75) is 32.9 Å². The van der Waals surface area contributed by atoms with Crippen LogP contribution in [0.5, 0.6) is 0 Å². The lowest BCUT2D eigenvalue weighted by Crippen LogP contribution is -2.27. The first-order chi connectivity index (χ1) is 7.74. The van der Waals surface area contributed by atoms with Gasteiger partial charge in [0, 0.05) is 28.5 Å². The van der Waals surface area contributed by atoms with E-state index in [0.29, 0.717) is 6.04 Å². The predicted molar refractivity (Wildman–Crippen MR) is 71.2 cm³/mol. The van der Waals surface area contributed by atoms with E-state index < -0.39 is 0 Å². The van der Waals surface area contributed by atoms with Gasteiger partial charge in [-0.05, 0) is 31.7 Å². The molecule has 16 heavy (non-hydrogen) atoms. The molecule has 2 nitrogen and oxygen atoms in total. The van der Waals surface area contributed by atoms with Gasteiger partial charge in [-0.25, -0.2) is 4.98 Å². The van der Waals surface area contributed by atoms with Crippen LogP contribution in [0, 0.1) is 6.92 Å². The maximum absolute atomic E-state index is 4.34. The molecule has 2 aromatic heterocycles. The number of hydrogen-bond donors (Lipinski definition) is 1. The minimum atomic E-state index is 0.503. The van der Waals surface area contributed by atoms with Crippen LogP contribution in [0.2, 0.25) is 0 Å². The lowest BCUT2D eigenvalue weighted by atomic mass is 10.2. The monoisotopic (exact) mass is 252 g/mol. The van der Waals surface area contributed by atoms with Crippen LogP contribution >= 0.6 is 22.7 Å². The molecule has 0 aromatic carbocycles. The average Bonchev–Trinajstić information content (AvgIpc) is 2.87. The summed E-state index contributed by atoms with van der Waals surface area (Å²) in [7, 11) is 0. The van der Waals surface area contributed by atoms with E-state index >= 15 is 0 Å². The summed E-state index contributed by atoms with van der Waals surface area (Å²) in [4.78, 5) is 7.06. The molecule has 0 spiro atoms. The predicted octanol–water partition coefficient (Wildman–Crippen LogP) is 3.23. The van der Waals surface area contributed by atoms with Gasteiger partial charge in [0.05, 0.1) is 0 Å². The van der Waals surface area contributed by atoms with Crippen LogP contribution in [0.3, 0.4) is 0 Å². The van der Waals surface area contributed by atoms with Gasteiger partial charge in [-0.1, -0.05) is 6.07 Å². The summed E-state index contributed by atoms with van der Waals surface area (Å²) in [5, 5.41) is 6.81. The molecule has 1 N–H and O–H groups in total. The van der Waals surface area contributed by atoms with Gasteiger partial charge in [-0.2, -0.15) is 0 Å². The van der Waals surface area contributed by atoms with Crippen molar-refractivity contribution in [3.63, 3.8) is 0 Å². The Morgan fingerprint density at radius 1 is 1.50 bits per heavy atom. The van der Waals surface area contributed by atoms with Gasteiger partial charge in [0.25, 0.3) is 0 Å². The number of thiazole rings is 1. The summed E-state index contributed by atoms with van der Waals surface area (Å²) < 4.78 is 0. The van der Waals surface area contributed by atoms with E-state index in [1.54, 1.807) is 11.3 Å². The molecule has 0 aliphatic rings. The summed E-state index contributed by atoms with van der Waals surface area (Å²) >= 11 is 3.59. The van der Waals surface area contributed by atoms with Crippen LogP contribution in [-0.4, -0.2) is 11.0 Å². The Kier molecular flexibility index (Phi) is 4.09. The Morgan fingerprint density at radius 3 is 3.00 bits per heavy atom. The van der Waals surface area contributed by atoms with Crippen molar-refractivity contribution in [3.05, 3.63) is 38.5 Å². The molecule has 2 aromatic rings. The first kappa shape index (κ1) is 11.8. The van der Waals surface area contributed by atoms with Crippen molar-refractivity contribution < 1.29 is 0 Å². The zero-order valence-electron chi connectivity index (χ0n) is 9.56. The molecule has 1 unspecified atom stereocenters. The topological polar surface area (TPSA) is 24.9 Å². The standard InChI is InChI=1S/C12H16N2S2/c1-9(6-11-4-3-5-15-11)13-8-12-14-7-10(2)16-12/h3-5,7,9,13H,6,8H2,1-2H3. The van der Waals surface area contributed by atoms with E-state index in [4.69, 9.17) is 0 Å². The molecule has 0 saturated heterocycles. The molecule has 0 bridgehead atoms. The largest absolute Gasteiger partial charge is 0.308 e. The number of nitrogens with zero attached hydrogens (tertiary/aromatic N) is 1. The van der Waals surface area contributed by atoms with Crippen molar-refractivity contribution in [1.82, 2.24) is 10.3 Å². The lowest BCUT2D eigenvalue weighted by Gasteiger charge is -2.11. The van der Waals surface area contributed by atoms with Crippen molar-refractivity contribution in [2.24, 2.45) is 0 Å². The number of thiophene rings is 1. The molecule has 0 saturated carbocycles. The van der Waals surface area contributed by atoms with E-state index in [1.165, 1.54) is 14.8 Å². The van der Waals surface area contributed by atoms with Crippen molar-refractivity contribution in [1.29, 1.82) is 0 Å². The number of aryl methyl sites for hydroxylation is 1. The third kappa shape index (κ3) is 3.40. The highest BCUT2D eigenvalue weighted by Gasteiger charge is 2.05. The number of aromatic nitrogens is 1. The molecule has 4 heteroatoms. The maximum atomic E-state index is 4.34. The molecule has 86 valence electrons. The molecule has 0 aliphatic carbocycles. The molecular weight excluding hydrogens is 236 g/mol. The molecule has 2 rings (SSSR count). The van der Waals surface area contributed by atoms with Crippen molar-refractivity contribution >= 4 is 22.7 Å². The number of nitrogens with one attached hydrogen (secondary N) is 1. The van der Waals surface area contributed by atoms with Crippen molar-refractivity contribution in [3.8, 4) is 0 Å². The fourth-order valence-electron chi connectivity index (χ4n) is 1.55. The number of rotatable bonds is 5. The second-order valence-electron chi connectivity index (χ2n) is 3.93. The zero-order chi connectivity index (χ0) is 11.4. The molecule has 0 aliphatic heterocycles. The Morgan fingerprint density at radius 2 is 2.38 bits per heavy atom. The fraction of sp³-hybridized carbons (Fsp3) is 0.417. The molecular formula is C12H16N2S2. The van der Waals surface area contributed by atoms with Crippen LogP contribution in [0.1, 0.15) is 21.7 Å². The molecule has 0 fully saturated rings. The van der Waals surface area contributed by atoms with E-state index in [1.807, 2.05) is 17.5 Å². The van der Waals surface area contributed by atoms with Crippen LogP contribution in [0.25, 0.3) is 0 Å². The highest BCUT2D eigenvalue weighted by molar-refractivity contribution is 7.11. The highest BCUT2D eigenvalue weighted by atomic mass is 32.1. The van der Waals surface area contributed by atoms with Gasteiger partial charge < -0.3 is 5.32 Å². The van der Waals surface area contributed by atoms with Crippen LogP contribution in [-0.2, 0) is 13.0 Å². The summed E-state index contributed by atoms with van der Waals surface area (Å²) in [6.07, 6.45) is 3.04. The smallest absolute Gasteiger partial charge is 0.107 e.